The van der Waals surface area contributed by atoms with E-state index in [1.54, 1.807) is 0 Å². The van der Waals surface area contributed by atoms with Crippen molar-refractivity contribution in [2.75, 3.05) is 13.1 Å². The third kappa shape index (κ3) is 2.01. The second-order valence-corrected chi connectivity index (χ2v) is 5.22. The van der Waals surface area contributed by atoms with Gasteiger partial charge in [0.25, 0.3) is 0 Å². The van der Waals surface area contributed by atoms with Crippen molar-refractivity contribution in [3.8, 4) is 0 Å². The minimum Gasteiger partial charge on any atom is -0.317 e. The van der Waals surface area contributed by atoms with Crippen LogP contribution in [-0.4, -0.2) is 22.9 Å². The summed E-state index contributed by atoms with van der Waals surface area (Å²) in [6.45, 7) is 2.28. The van der Waals surface area contributed by atoms with Crippen LogP contribution in [0, 0.1) is 0 Å². The van der Waals surface area contributed by atoms with Gasteiger partial charge in [-0.15, -0.1) is 0 Å². The summed E-state index contributed by atoms with van der Waals surface area (Å²) in [5.41, 5.74) is 1.48. The van der Waals surface area contributed by atoms with Gasteiger partial charge in [0.2, 0.25) is 0 Å². The molecule has 1 aromatic rings. The standard InChI is InChI=1S/C13H21N3/c1-2-4-11(3-1)12-9-15-16(10-12)13-5-7-14-8-6-13/h9-11,13-14H,1-8H2. The smallest absolute Gasteiger partial charge is 0.0543 e. The number of hydrogen-bond acceptors (Lipinski definition) is 2. The molecular weight excluding hydrogens is 198 g/mol. The Morgan fingerprint density at radius 1 is 1.12 bits per heavy atom. The Morgan fingerprint density at radius 2 is 1.88 bits per heavy atom. The quantitative estimate of drug-likeness (QED) is 0.828. The largest absolute Gasteiger partial charge is 0.317 e. The highest BCUT2D eigenvalue weighted by molar-refractivity contribution is 5.13. The predicted octanol–water partition coefficient (Wildman–Crippen LogP) is 2.47. The van der Waals surface area contributed by atoms with E-state index in [4.69, 9.17) is 0 Å². The van der Waals surface area contributed by atoms with Crippen molar-refractivity contribution in [3.05, 3.63) is 18.0 Å². The number of piperidine rings is 1. The van der Waals surface area contributed by atoms with Crippen LogP contribution in [0.5, 0.6) is 0 Å². The van der Waals surface area contributed by atoms with E-state index < -0.39 is 0 Å². The van der Waals surface area contributed by atoms with Crippen molar-refractivity contribution < 1.29 is 0 Å². The number of hydrogen-bond donors (Lipinski definition) is 1. The molecule has 16 heavy (non-hydrogen) atoms. The van der Waals surface area contributed by atoms with E-state index in [1.807, 2.05) is 0 Å². The highest BCUT2D eigenvalue weighted by atomic mass is 15.3. The van der Waals surface area contributed by atoms with Gasteiger partial charge in [0.15, 0.2) is 0 Å². The van der Waals surface area contributed by atoms with Crippen LogP contribution in [0.3, 0.4) is 0 Å². The maximum absolute atomic E-state index is 4.57. The molecule has 0 aromatic carbocycles. The van der Waals surface area contributed by atoms with Gasteiger partial charge >= 0.3 is 0 Å². The molecule has 3 heteroatoms. The first kappa shape index (κ1) is 10.3. The molecule has 0 unspecified atom stereocenters. The van der Waals surface area contributed by atoms with Gasteiger partial charge in [-0.2, -0.15) is 5.10 Å². The molecule has 0 bridgehead atoms. The van der Waals surface area contributed by atoms with Gasteiger partial charge in [0.05, 0.1) is 12.2 Å². The van der Waals surface area contributed by atoms with Crippen molar-refractivity contribution >= 4 is 0 Å². The minimum atomic E-state index is 0.636. The molecule has 0 radical (unpaired) electrons. The molecule has 0 atom stereocenters. The SMILES string of the molecule is c1nn(C2CCNCC2)cc1C1CCCC1. The van der Waals surface area contributed by atoms with E-state index in [-0.39, 0.29) is 0 Å². The molecule has 3 nitrogen and oxygen atoms in total. The third-order valence-corrected chi connectivity index (χ3v) is 4.13. The molecule has 2 aliphatic rings. The topological polar surface area (TPSA) is 29.9 Å². The lowest BCUT2D eigenvalue weighted by molar-refractivity contribution is 0.343. The van der Waals surface area contributed by atoms with Gasteiger partial charge in [-0.3, -0.25) is 4.68 Å². The molecule has 2 fully saturated rings. The highest BCUT2D eigenvalue weighted by Crippen LogP contribution is 2.34. The van der Waals surface area contributed by atoms with Crippen molar-refractivity contribution in [1.82, 2.24) is 15.1 Å². The molecule has 1 saturated heterocycles. The Morgan fingerprint density at radius 3 is 2.62 bits per heavy atom. The Labute approximate surface area is 97.2 Å². The zero-order valence-corrected chi connectivity index (χ0v) is 9.86. The van der Waals surface area contributed by atoms with E-state index in [0.29, 0.717) is 6.04 Å². The molecule has 2 heterocycles. The van der Waals surface area contributed by atoms with Crippen LogP contribution in [-0.2, 0) is 0 Å². The average molecular weight is 219 g/mol. The summed E-state index contributed by atoms with van der Waals surface area (Å²) in [5.74, 6) is 0.801. The Kier molecular flexibility index (Phi) is 2.96. The van der Waals surface area contributed by atoms with Gasteiger partial charge in [-0.25, -0.2) is 0 Å². The lowest BCUT2D eigenvalue weighted by Gasteiger charge is -2.22. The lowest BCUT2D eigenvalue weighted by Crippen LogP contribution is -2.29. The molecule has 0 spiro atoms. The monoisotopic (exact) mass is 219 g/mol. The molecule has 1 N–H and O–H groups in total. The van der Waals surface area contributed by atoms with Crippen LogP contribution in [0.1, 0.15) is 56.0 Å². The van der Waals surface area contributed by atoms with Gasteiger partial charge in [-0.1, -0.05) is 12.8 Å². The van der Waals surface area contributed by atoms with Crippen LogP contribution >= 0.6 is 0 Å². The normalized spacial score (nSPS) is 24.0. The van der Waals surface area contributed by atoms with Crippen molar-refractivity contribution in [2.24, 2.45) is 0 Å². The van der Waals surface area contributed by atoms with Gasteiger partial charge in [0.1, 0.15) is 0 Å². The summed E-state index contributed by atoms with van der Waals surface area (Å²) in [6, 6.07) is 0.636. The van der Waals surface area contributed by atoms with Crippen LogP contribution in [0.4, 0.5) is 0 Å². The number of rotatable bonds is 2. The Bertz CT molecular complexity index is 333. The lowest BCUT2D eigenvalue weighted by atomic mass is 10.0. The number of nitrogens with one attached hydrogen (secondary N) is 1. The van der Waals surface area contributed by atoms with Crippen LogP contribution in [0.15, 0.2) is 12.4 Å². The van der Waals surface area contributed by atoms with Gasteiger partial charge in [0, 0.05) is 6.20 Å². The molecular formula is C13H21N3. The number of aromatic nitrogens is 2. The van der Waals surface area contributed by atoms with Gasteiger partial charge in [-0.05, 0) is 50.3 Å². The summed E-state index contributed by atoms with van der Waals surface area (Å²) in [6.07, 6.45) is 12.4. The molecule has 0 amide bonds. The summed E-state index contributed by atoms with van der Waals surface area (Å²) in [7, 11) is 0. The highest BCUT2D eigenvalue weighted by Gasteiger charge is 2.21. The molecule has 1 aromatic heterocycles. The molecule has 88 valence electrons. The number of nitrogens with zero attached hydrogens (tertiary/aromatic N) is 2. The van der Waals surface area contributed by atoms with Crippen molar-refractivity contribution in [3.63, 3.8) is 0 Å². The summed E-state index contributed by atoms with van der Waals surface area (Å²) < 4.78 is 2.22. The molecule has 3 rings (SSSR count). The maximum atomic E-state index is 4.57. The summed E-state index contributed by atoms with van der Waals surface area (Å²) in [5, 5.41) is 7.98. The van der Waals surface area contributed by atoms with Crippen molar-refractivity contribution in [2.45, 2.75) is 50.5 Å². The average Bonchev–Trinajstić information content (AvgIpc) is 3.01. The molecule has 1 saturated carbocycles. The van der Waals surface area contributed by atoms with Crippen LogP contribution in [0.2, 0.25) is 0 Å². The summed E-state index contributed by atoms with van der Waals surface area (Å²) in [4.78, 5) is 0. The fraction of sp³-hybridized carbons (Fsp3) is 0.769. The third-order valence-electron chi connectivity index (χ3n) is 4.13. The maximum Gasteiger partial charge on any atom is 0.0543 e. The van der Waals surface area contributed by atoms with E-state index >= 15 is 0 Å². The van der Waals surface area contributed by atoms with E-state index in [9.17, 15) is 0 Å². The fourth-order valence-electron chi connectivity index (χ4n) is 3.09. The van der Waals surface area contributed by atoms with Crippen LogP contribution in [0.25, 0.3) is 0 Å². The van der Waals surface area contributed by atoms with E-state index in [0.717, 1.165) is 19.0 Å². The minimum absolute atomic E-state index is 0.636. The second-order valence-electron chi connectivity index (χ2n) is 5.22. The first-order valence-electron chi connectivity index (χ1n) is 6.68. The van der Waals surface area contributed by atoms with E-state index in [2.05, 4.69) is 27.5 Å². The predicted molar refractivity (Wildman–Crippen MR) is 64.6 cm³/mol. The van der Waals surface area contributed by atoms with E-state index in [1.165, 1.54) is 44.1 Å². The van der Waals surface area contributed by atoms with Gasteiger partial charge < -0.3 is 5.32 Å². The van der Waals surface area contributed by atoms with Crippen LogP contribution < -0.4 is 5.32 Å². The summed E-state index contributed by atoms with van der Waals surface area (Å²) >= 11 is 0. The zero-order valence-electron chi connectivity index (χ0n) is 9.86. The zero-order chi connectivity index (χ0) is 10.8. The first-order valence-corrected chi connectivity index (χ1v) is 6.68. The molecule has 1 aliphatic heterocycles. The Hall–Kier alpha value is -0.830. The fourth-order valence-corrected chi connectivity index (χ4v) is 3.09. The first-order chi connectivity index (χ1) is 7.93. The van der Waals surface area contributed by atoms with Crippen molar-refractivity contribution in [1.29, 1.82) is 0 Å². The second kappa shape index (κ2) is 4.58. The Balaban J connectivity index is 1.71. The molecule has 1 aliphatic carbocycles.